The Labute approximate surface area is 161 Å². The molecule has 7 fully saturated rings. The molecule has 0 radical (unpaired) electrons. The zero-order valence-corrected chi connectivity index (χ0v) is 16.5. The molecule has 7 bridgehead atoms. The second-order valence-corrected chi connectivity index (χ2v) is 11.2. The van der Waals surface area contributed by atoms with Crippen LogP contribution >= 0.6 is 0 Å². The summed E-state index contributed by atoms with van der Waals surface area (Å²) in [4.78, 5) is 0. The molecular weight excluding hydrogens is 342 g/mol. The van der Waals surface area contributed by atoms with Crippen molar-refractivity contribution in [2.24, 2.45) is 39.9 Å². The van der Waals surface area contributed by atoms with E-state index in [0.29, 0.717) is 19.0 Å². The summed E-state index contributed by atoms with van der Waals surface area (Å²) in [6.45, 7) is 9.55. The summed E-state index contributed by atoms with van der Waals surface area (Å²) < 4.78 is -0.246. The van der Waals surface area contributed by atoms with Gasteiger partial charge in [0.25, 0.3) is 0 Å². The van der Waals surface area contributed by atoms with Crippen molar-refractivity contribution in [3.8, 4) is 0 Å². The summed E-state index contributed by atoms with van der Waals surface area (Å²) in [5.74, 6) is 0.130. The van der Waals surface area contributed by atoms with Crippen molar-refractivity contribution in [3.63, 3.8) is 0 Å². The largest absolute Gasteiger partial charge is 0.633 e. The van der Waals surface area contributed by atoms with E-state index in [1.807, 2.05) is 6.92 Å². The van der Waals surface area contributed by atoms with Crippen LogP contribution in [0.3, 0.4) is 0 Å². The van der Waals surface area contributed by atoms with Gasteiger partial charge in [-0.1, -0.05) is 13.5 Å². The SMILES string of the molecule is C=C1[C@H]2CC[C@@]3([C@@H]1O)[C@@H]([C@H]2O)[C@@]12[C@@H]4C[C@H]3[C@H]1[N+]([O-])(CC)C[C@]4(C)CC[C@@H]2O. The molecule has 1 heterocycles. The first-order valence-corrected chi connectivity index (χ1v) is 11.0. The Morgan fingerprint density at radius 3 is 2.67 bits per heavy atom. The molecule has 0 amide bonds. The van der Waals surface area contributed by atoms with E-state index in [1.54, 1.807) is 0 Å². The third-order valence-electron chi connectivity index (χ3n) is 10.9. The van der Waals surface area contributed by atoms with E-state index in [0.717, 1.165) is 37.7 Å². The van der Waals surface area contributed by atoms with E-state index in [4.69, 9.17) is 0 Å². The molecule has 12 atom stereocenters. The fraction of sp³-hybridized carbons (Fsp3) is 0.909. The van der Waals surface area contributed by atoms with Crippen molar-refractivity contribution < 1.29 is 20.0 Å². The second-order valence-electron chi connectivity index (χ2n) is 11.2. The average Bonchev–Trinajstić information content (AvgIpc) is 3.10. The highest BCUT2D eigenvalue weighted by Crippen LogP contribution is 2.84. The Balaban J connectivity index is 1.65. The van der Waals surface area contributed by atoms with E-state index in [1.165, 1.54) is 0 Å². The quantitative estimate of drug-likeness (QED) is 0.371. The molecule has 7 aliphatic rings. The second kappa shape index (κ2) is 4.65. The van der Waals surface area contributed by atoms with Crippen molar-refractivity contribution in [1.82, 2.24) is 0 Å². The monoisotopic (exact) mass is 375 g/mol. The summed E-state index contributed by atoms with van der Waals surface area (Å²) in [7, 11) is 0. The van der Waals surface area contributed by atoms with Gasteiger partial charge in [0.2, 0.25) is 0 Å². The molecule has 0 aromatic carbocycles. The molecule has 27 heavy (non-hydrogen) atoms. The first-order chi connectivity index (χ1) is 12.7. The highest BCUT2D eigenvalue weighted by Gasteiger charge is 2.88. The molecule has 6 saturated carbocycles. The number of rotatable bonds is 1. The van der Waals surface area contributed by atoms with Gasteiger partial charge in [0.15, 0.2) is 0 Å². The molecule has 3 N–H and O–H groups in total. The summed E-state index contributed by atoms with van der Waals surface area (Å²) in [5.41, 5.74) is -0.286. The highest BCUT2D eigenvalue weighted by molar-refractivity contribution is 5.38. The third kappa shape index (κ3) is 1.46. The third-order valence-corrected chi connectivity index (χ3v) is 10.9. The molecular formula is C22H33NO4. The van der Waals surface area contributed by atoms with Crippen LogP contribution < -0.4 is 0 Å². The minimum absolute atomic E-state index is 0.0672. The molecule has 1 unspecified atom stereocenters. The van der Waals surface area contributed by atoms with Crippen LogP contribution in [0.4, 0.5) is 0 Å². The molecule has 1 saturated heterocycles. The molecule has 0 aromatic heterocycles. The van der Waals surface area contributed by atoms with E-state index < -0.39 is 29.1 Å². The number of hydroxylamine groups is 3. The normalized spacial score (nSPS) is 68.3. The molecule has 2 spiro atoms. The van der Waals surface area contributed by atoms with Crippen molar-refractivity contribution in [3.05, 3.63) is 17.4 Å². The Bertz CT molecular complexity index is 742. The van der Waals surface area contributed by atoms with E-state index in [2.05, 4.69) is 13.5 Å². The van der Waals surface area contributed by atoms with Crippen molar-refractivity contribution >= 4 is 0 Å². The van der Waals surface area contributed by atoms with Crippen LogP contribution in [0.1, 0.15) is 46.0 Å². The summed E-state index contributed by atoms with van der Waals surface area (Å²) >= 11 is 0. The van der Waals surface area contributed by atoms with Crippen molar-refractivity contribution in [2.45, 2.75) is 70.3 Å². The number of likely N-dealkylation sites (tertiary alicyclic amines) is 1. The van der Waals surface area contributed by atoms with Crippen LogP contribution in [0.25, 0.3) is 0 Å². The van der Waals surface area contributed by atoms with Crippen LogP contribution in [0, 0.1) is 45.1 Å². The first-order valence-electron chi connectivity index (χ1n) is 11.0. The number of nitrogens with zero attached hydrogens (tertiary/aromatic N) is 1. The lowest BCUT2D eigenvalue weighted by Gasteiger charge is -2.70. The molecule has 1 aliphatic heterocycles. The van der Waals surface area contributed by atoms with Crippen molar-refractivity contribution in [1.29, 1.82) is 0 Å². The lowest BCUT2D eigenvalue weighted by molar-refractivity contribution is -0.927. The van der Waals surface area contributed by atoms with Gasteiger partial charge < -0.3 is 25.2 Å². The van der Waals surface area contributed by atoms with Gasteiger partial charge in [-0.3, -0.25) is 0 Å². The van der Waals surface area contributed by atoms with Gasteiger partial charge in [-0.2, -0.15) is 0 Å². The number of fused-ring (bicyclic) bond motifs is 2. The number of quaternary nitrogens is 1. The zero-order chi connectivity index (χ0) is 19.1. The maximum absolute atomic E-state index is 14.3. The minimum atomic E-state index is -0.638. The fourth-order valence-electron chi connectivity index (χ4n) is 10.3. The zero-order valence-electron chi connectivity index (χ0n) is 16.5. The van der Waals surface area contributed by atoms with Gasteiger partial charge in [-0.15, -0.1) is 0 Å². The minimum Gasteiger partial charge on any atom is -0.633 e. The van der Waals surface area contributed by atoms with Gasteiger partial charge in [-0.05, 0) is 50.5 Å². The molecule has 150 valence electrons. The summed E-state index contributed by atoms with van der Waals surface area (Å²) in [6, 6.07) is -0.185. The fourth-order valence-corrected chi connectivity index (χ4v) is 10.3. The van der Waals surface area contributed by atoms with E-state index in [9.17, 15) is 20.5 Å². The maximum atomic E-state index is 14.3. The molecule has 6 aliphatic carbocycles. The van der Waals surface area contributed by atoms with Crippen LogP contribution in [0.5, 0.6) is 0 Å². The van der Waals surface area contributed by atoms with Crippen LogP contribution in [-0.2, 0) is 0 Å². The highest BCUT2D eigenvalue weighted by atomic mass is 16.5. The lowest BCUT2D eigenvalue weighted by atomic mass is 9.38. The number of aliphatic hydroxyl groups excluding tert-OH is 3. The standard InChI is InChI=1S/C22H33NO4/c1-4-23(27)10-20(3)7-6-15(24)22-14(20)9-13(18(22)23)21-8-5-12(11(2)19(21)26)16(25)17(21)22/h12-19,24-26H,2,4-10H2,1,3H3/t12-,13+,14-,15+,16+,17-,18-,19-,20+,21+,22+,23?/m1/s1. The van der Waals surface area contributed by atoms with E-state index >= 15 is 0 Å². The molecule has 7 rings (SSSR count). The lowest BCUT2D eigenvalue weighted by Crippen LogP contribution is -2.75. The number of hydrogen-bond donors (Lipinski definition) is 3. The number of hydrogen-bond acceptors (Lipinski definition) is 4. The number of piperidine rings is 1. The van der Waals surface area contributed by atoms with E-state index in [-0.39, 0.29) is 33.9 Å². The topological polar surface area (TPSA) is 83.8 Å². The molecule has 5 nitrogen and oxygen atoms in total. The van der Waals surface area contributed by atoms with Crippen molar-refractivity contribution in [2.75, 3.05) is 13.1 Å². The van der Waals surface area contributed by atoms with Crippen LogP contribution in [-0.4, -0.2) is 57.4 Å². The predicted molar refractivity (Wildman–Crippen MR) is 100 cm³/mol. The predicted octanol–water partition coefficient (Wildman–Crippen LogP) is 1.80. The Kier molecular flexibility index (Phi) is 2.99. The van der Waals surface area contributed by atoms with Crippen LogP contribution in [0.15, 0.2) is 12.2 Å². The van der Waals surface area contributed by atoms with Crippen LogP contribution in [0.2, 0.25) is 0 Å². The summed E-state index contributed by atoms with van der Waals surface area (Å²) in [6.07, 6.45) is 2.52. The number of aliphatic hydroxyl groups is 3. The van der Waals surface area contributed by atoms with Gasteiger partial charge in [-0.25, -0.2) is 0 Å². The Morgan fingerprint density at radius 2 is 1.96 bits per heavy atom. The Morgan fingerprint density at radius 1 is 1.22 bits per heavy atom. The smallest absolute Gasteiger partial charge is 0.101 e. The van der Waals surface area contributed by atoms with Gasteiger partial charge in [0, 0.05) is 28.6 Å². The average molecular weight is 376 g/mol. The molecule has 5 heteroatoms. The molecule has 0 aromatic rings. The first kappa shape index (κ1) is 17.4. The van der Waals surface area contributed by atoms with Gasteiger partial charge in [0.05, 0.1) is 36.8 Å². The Hall–Kier alpha value is -0.460. The van der Waals surface area contributed by atoms with Gasteiger partial charge >= 0.3 is 0 Å². The summed E-state index contributed by atoms with van der Waals surface area (Å²) in [5, 5.41) is 48.6. The maximum Gasteiger partial charge on any atom is 0.101 e. The van der Waals surface area contributed by atoms with Gasteiger partial charge in [0.1, 0.15) is 6.04 Å².